The van der Waals surface area contributed by atoms with E-state index in [1.54, 1.807) is 18.3 Å². The Morgan fingerprint density at radius 1 is 1.30 bits per heavy atom. The lowest BCUT2D eigenvalue weighted by molar-refractivity contribution is 0.181. The van der Waals surface area contributed by atoms with Crippen molar-refractivity contribution in [2.45, 2.75) is 0 Å². The Kier molecular flexibility index (Phi) is 4.40. The van der Waals surface area contributed by atoms with Crippen LogP contribution in [0.15, 0.2) is 52.2 Å². The Morgan fingerprint density at radius 3 is 2.83 bits per heavy atom. The van der Waals surface area contributed by atoms with Gasteiger partial charge in [-0.15, -0.1) is 6.42 Å². The van der Waals surface area contributed by atoms with Crippen molar-refractivity contribution < 1.29 is 9.23 Å². The van der Waals surface area contributed by atoms with Crippen molar-refractivity contribution in [2.24, 2.45) is 5.16 Å². The van der Waals surface area contributed by atoms with Gasteiger partial charge in [-0.3, -0.25) is 4.40 Å². The van der Waals surface area contributed by atoms with E-state index < -0.39 is 0 Å². The lowest BCUT2D eigenvalue weighted by atomic mass is 10.1. The number of benzene rings is 1. The average molecular weight is 372 g/mol. The summed E-state index contributed by atoms with van der Waals surface area (Å²) in [6.45, 7) is 0.0861. The summed E-state index contributed by atoms with van der Waals surface area (Å²) in [6.07, 6.45) is 8.54. The van der Waals surface area contributed by atoms with Gasteiger partial charge >= 0.3 is 0 Å². The largest absolute Gasteiger partial charge is 0.383 e. The van der Waals surface area contributed by atoms with Crippen molar-refractivity contribution in [3.05, 3.63) is 58.6 Å². The zero-order valence-corrected chi connectivity index (χ0v) is 13.5. The summed E-state index contributed by atoms with van der Waals surface area (Å²) < 4.78 is 15.9. The Balaban J connectivity index is 2.14. The third-order valence-electron chi connectivity index (χ3n) is 3.13. The minimum atomic E-state index is -0.298. The van der Waals surface area contributed by atoms with Gasteiger partial charge in [-0.25, -0.2) is 9.37 Å². The lowest BCUT2D eigenvalue weighted by Gasteiger charge is -2.01. The minimum absolute atomic E-state index is 0.0861. The van der Waals surface area contributed by atoms with Crippen LogP contribution in [0.4, 0.5) is 4.39 Å². The summed E-state index contributed by atoms with van der Waals surface area (Å²) in [4.78, 5) is 9.55. The molecular weight excluding hydrogens is 361 g/mol. The number of halogens is 2. The van der Waals surface area contributed by atoms with Gasteiger partial charge in [0.15, 0.2) is 6.61 Å². The topological polar surface area (TPSA) is 38.9 Å². The third kappa shape index (κ3) is 3.25. The molecule has 0 aliphatic carbocycles. The molecule has 0 aliphatic rings. The van der Waals surface area contributed by atoms with Crippen LogP contribution < -0.4 is 0 Å². The second-order valence-electron chi connectivity index (χ2n) is 4.64. The highest BCUT2D eigenvalue weighted by molar-refractivity contribution is 9.10. The Hall–Kier alpha value is -2.65. The van der Waals surface area contributed by atoms with Gasteiger partial charge in [-0.05, 0) is 52.3 Å². The number of hydrogen-bond acceptors (Lipinski definition) is 3. The predicted molar refractivity (Wildman–Crippen MR) is 90.7 cm³/mol. The molecule has 114 valence electrons. The molecule has 0 atom stereocenters. The molecule has 2 aromatic heterocycles. The van der Waals surface area contributed by atoms with Crippen LogP contribution >= 0.6 is 15.9 Å². The van der Waals surface area contributed by atoms with Crippen molar-refractivity contribution in [1.29, 1.82) is 0 Å². The first-order chi connectivity index (χ1) is 11.2. The maximum absolute atomic E-state index is 13.2. The Labute approximate surface area is 140 Å². The van der Waals surface area contributed by atoms with Crippen molar-refractivity contribution in [3.63, 3.8) is 0 Å². The number of aromatic nitrogens is 2. The first kappa shape index (κ1) is 15.3. The second-order valence-corrected chi connectivity index (χ2v) is 5.56. The van der Waals surface area contributed by atoms with E-state index in [9.17, 15) is 4.39 Å². The molecule has 0 saturated heterocycles. The van der Waals surface area contributed by atoms with E-state index in [0.717, 1.165) is 15.7 Å². The Bertz CT molecular complexity index is 910. The first-order valence-corrected chi connectivity index (χ1v) is 7.50. The van der Waals surface area contributed by atoms with E-state index in [1.807, 2.05) is 22.7 Å². The zero-order valence-electron chi connectivity index (χ0n) is 11.9. The Morgan fingerprint density at radius 2 is 2.09 bits per heavy atom. The van der Waals surface area contributed by atoms with Gasteiger partial charge in [0, 0.05) is 16.2 Å². The van der Waals surface area contributed by atoms with Crippen LogP contribution in [0.2, 0.25) is 0 Å². The van der Waals surface area contributed by atoms with Crippen LogP contribution in [0.1, 0.15) is 5.69 Å². The normalized spacial score (nSPS) is 11.0. The summed E-state index contributed by atoms with van der Waals surface area (Å²) in [5, 5.41) is 3.87. The molecule has 0 bridgehead atoms. The molecule has 0 amide bonds. The minimum Gasteiger partial charge on any atom is -0.383 e. The smallest absolute Gasteiger partial charge is 0.177 e. The summed E-state index contributed by atoms with van der Waals surface area (Å²) in [6, 6.07) is 9.90. The fourth-order valence-electron chi connectivity index (χ4n) is 2.14. The molecule has 4 nitrogen and oxygen atoms in total. The van der Waals surface area contributed by atoms with Gasteiger partial charge in [0.05, 0.1) is 17.6 Å². The molecule has 0 radical (unpaired) electrons. The van der Waals surface area contributed by atoms with Crippen LogP contribution in [0, 0.1) is 18.2 Å². The fourth-order valence-corrected chi connectivity index (χ4v) is 2.48. The highest BCUT2D eigenvalue weighted by Gasteiger charge is 2.13. The van der Waals surface area contributed by atoms with Crippen molar-refractivity contribution in [3.8, 4) is 23.6 Å². The highest BCUT2D eigenvalue weighted by atomic mass is 79.9. The molecule has 1 aromatic carbocycles. The molecule has 23 heavy (non-hydrogen) atoms. The van der Waals surface area contributed by atoms with Gasteiger partial charge in [0.2, 0.25) is 0 Å². The van der Waals surface area contributed by atoms with Crippen LogP contribution in [-0.4, -0.2) is 22.2 Å². The number of fused-ring (bicyclic) bond motifs is 1. The van der Waals surface area contributed by atoms with Gasteiger partial charge in [0.25, 0.3) is 0 Å². The summed E-state index contributed by atoms with van der Waals surface area (Å²) in [5.74, 6) is 2.04. The second kappa shape index (κ2) is 6.63. The fraction of sp³-hybridized carbons (Fsp3) is 0.0588. The molecule has 0 fully saturated rings. The number of pyridine rings is 1. The molecule has 0 saturated carbocycles. The number of terminal acetylenes is 1. The molecule has 3 aromatic rings. The molecule has 3 rings (SSSR count). The van der Waals surface area contributed by atoms with E-state index in [4.69, 9.17) is 11.3 Å². The van der Waals surface area contributed by atoms with Crippen LogP contribution in [0.3, 0.4) is 0 Å². The van der Waals surface area contributed by atoms with Gasteiger partial charge in [-0.2, -0.15) is 0 Å². The SMILES string of the molecule is C#CCO/N=C/c1c(-c2ccc(F)cc2)nc2ccc(Br)cn12. The van der Waals surface area contributed by atoms with Crippen LogP contribution in [0.5, 0.6) is 0 Å². The zero-order chi connectivity index (χ0) is 16.2. The number of oxime groups is 1. The van der Waals surface area contributed by atoms with Gasteiger partial charge in [-0.1, -0.05) is 11.1 Å². The van der Waals surface area contributed by atoms with Crippen LogP contribution in [0.25, 0.3) is 16.9 Å². The first-order valence-electron chi connectivity index (χ1n) is 6.71. The highest BCUT2D eigenvalue weighted by Crippen LogP contribution is 2.25. The molecule has 0 unspecified atom stereocenters. The third-order valence-corrected chi connectivity index (χ3v) is 3.60. The lowest BCUT2D eigenvalue weighted by Crippen LogP contribution is -1.95. The predicted octanol–water partition coefficient (Wildman–Crippen LogP) is 3.89. The number of hydrogen-bond donors (Lipinski definition) is 0. The van der Waals surface area contributed by atoms with Crippen molar-refractivity contribution in [1.82, 2.24) is 9.38 Å². The molecule has 0 spiro atoms. The van der Waals surface area contributed by atoms with E-state index >= 15 is 0 Å². The number of rotatable bonds is 4. The van der Waals surface area contributed by atoms with Gasteiger partial charge < -0.3 is 4.84 Å². The monoisotopic (exact) mass is 371 g/mol. The summed E-state index contributed by atoms with van der Waals surface area (Å²) >= 11 is 3.43. The standard InChI is InChI=1S/C17H11BrFN3O/c1-2-9-23-20-10-15-17(12-3-6-14(19)7-4-12)21-16-8-5-13(18)11-22(15)16/h1,3-8,10-11H,9H2/b20-10+. The van der Waals surface area contributed by atoms with Crippen molar-refractivity contribution in [2.75, 3.05) is 6.61 Å². The molecular formula is C17H11BrFN3O. The maximum Gasteiger partial charge on any atom is 0.177 e. The quantitative estimate of drug-likeness (QED) is 0.302. The van der Waals surface area contributed by atoms with Gasteiger partial charge in [0.1, 0.15) is 11.5 Å². The molecule has 0 aliphatic heterocycles. The molecule has 2 heterocycles. The van der Waals surface area contributed by atoms with E-state index in [2.05, 4.69) is 32.0 Å². The van der Waals surface area contributed by atoms with E-state index in [-0.39, 0.29) is 12.4 Å². The summed E-state index contributed by atoms with van der Waals surface area (Å²) in [7, 11) is 0. The van der Waals surface area contributed by atoms with E-state index in [0.29, 0.717) is 11.4 Å². The number of imidazole rings is 1. The average Bonchev–Trinajstić information content (AvgIpc) is 2.90. The maximum atomic E-state index is 13.2. The summed E-state index contributed by atoms with van der Waals surface area (Å²) in [5.41, 5.74) is 2.91. The van der Waals surface area contributed by atoms with Crippen molar-refractivity contribution >= 4 is 27.8 Å². The van der Waals surface area contributed by atoms with Crippen LogP contribution in [-0.2, 0) is 4.84 Å². The van der Waals surface area contributed by atoms with E-state index in [1.165, 1.54) is 12.1 Å². The molecule has 0 N–H and O–H groups in total. The number of nitrogens with zero attached hydrogens (tertiary/aromatic N) is 3. The molecule has 6 heteroatoms.